The number of hydrogen-bond acceptors (Lipinski definition) is 3. The van der Waals surface area contributed by atoms with Gasteiger partial charge in [0.15, 0.2) is 0 Å². The van der Waals surface area contributed by atoms with E-state index in [0.717, 1.165) is 21.5 Å². The van der Waals surface area contributed by atoms with Gasteiger partial charge in [0.05, 0.1) is 16.4 Å². The van der Waals surface area contributed by atoms with Gasteiger partial charge >= 0.3 is 0 Å². The van der Waals surface area contributed by atoms with Crippen LogP contribution in [-0.2, 0) is 11.3 Å². The molecule has 19 heavy (non-hydrogen) atoms. The summed E-state index contributed by atoms with van der Waals surface area (Å²) in [6.45, 7) is 4.50. The van der Waals surface area contributed by atoms with Crippen LogP contribution in [0.15, 0.2) is 15.9 Å². The number of rotatable bonds is 7. The molecule has 1 aromatic heterocycles. The summed E-state index contributed by atoms with van der Waals surface area (Å²) in [5, 5.41) is 12.3. The number of carbonyl (C=O) groups excluding carboxylic acids is 1. The van der Waals surface area contributed by atoms with Gasteiger partial charge in [-0.25, -0.2) is 0 Å². The first-order valence-electron chi connectivity index (χ1n) is 6.51. The van der Waals surface area contributed by atoms with Crippen LogP contribution < -0.4 is 5.32 Å². The van der Waals surface area contributed by atoms with E-state index in [1.165, 1.54) is 0 Å². The molecule has 1 rings (SSSR count). The van der Waals surface area contributed by atoms with Crippen LogP contribution >= 0.6 is 27.3 Å². The molecule has 1 heterocycles. The van der Waals surface area contributed by atoms with Crippen molar-refractivity contribution in [2.24, 2.45) is 5.41 Å². The lowest BCUT2D eigenvalue weighted by atomic mass is 9.80. The number of nitriles is 1. The SMILES string of the molecule is CCCC(C#N)(CCC)C(=O)NCc1ccc(Br)s1. The minimum Gasteiger partial charge on any atom is -0.350 e. The molecule has 0 bridgehead atoms. The first kappa shape index (κ1) is 16.2. The summed E-state index contributed by atoms with van der Waals surface area (Å²) in [6.07, 6.45) is 2.92. The van der Waals surface area contributed by atoms with E-state index in [4.69, 9.17) is 0 Å². The van der Waals surface area contributed by atoms with Gasteiger partial charge in [-0.05, 0) is 40.9 Å². The van der Waals surface area contributed by atoms with Crippen LogP contribution in [0.2, 0.25) is 0 Å². The van der Waals surface area contributed by atoms with Gasteiger partial charge < -0.3 is 5.32 Å². The van der Waals surface area contributed by atoms with Crippen molar-refractivity contribution in [2.75, 3.05) is 0 Å². The smallest absolute Gasteiger partial charge is 0.240 e. The molecule has 0 aliphatic rings. The van der Waals surface area contributed by atoms with E-state index in [9.17, 15) is 10.1 Å². The second kappa shape index (κ2) is 7.66. The quantitative estimate of drug-likeness (QED) is 0.805. The van der Waals surface area contributed by atoms with Gasteiger partial charge in [0.1, 0.15) is 5.41 Å². The zero-order chi connectivity index (χ0) is 14.3. The minimum atomic E-state index is -0.863. The molecule has 0 fully saturated rings. The maximum Gasteiger partial charge on any atom is 0.240 e. The van der Waals surface area contributed by atoms with Crippen LogP contribution in [-0.4, -0.2) is 5.91 Å². The molecule has 0 aliphatic carbocycles. The van der Waals surface area contributed by atoms with Crippen LogP contribution in [0.5, 0.6) is 0 Å². The predicted molar refractivity (Wildman–Crippen MR) is 81.7 cm³/mol. The monoisotopic (exact) mass is 342 g/mol. The van der Waals surface area contributed by atoms with Gasteiger partial charge in [0.2, 0.25) is 5.91 Å². The Labute approximate surface area is 127 Å². The Morgan fingerprint density at radius 1 is 1.42 bits per heavy atom. The summed E-state index contributed by atoms with van der Waals surface area (Å²) in [4.78, 5) is 13.4. The van der Waals surface area contributed by atoms with Crippen LogP contribution in [0, 0.1) is 16.7 Å². The first-order valence-corrected chi connectivity index (χ1v) is 8.12. The molecule has 0 aromatic carbocycles. The number of nitrogens with one attached hydrogen (secondary N) is 1. The predicted octanol–water partition coefficient (Wildman–Crippen LogP) is 4.24. The van der Waals surface area contributed by atoms with E-state index in [1.54, 1.807) is 11.3 Å². The van der Waals surface area contributed by atoms with Crippen molar-refractivity contribution in [3.8, 4) is 6.07 Å². The summed E-state index contributed by atoms with van der Waals surface area (Å²) < 4.78 is 1.05. The Balaban J connectivity index is 2.69. The second-order valence-electron chi connectivity index (χ2n) is 4.58. The lowest BCUT2D eigenvalue weighted by Gasteiger charge is -2.24. The fraction of sp³-hybridized carbons (Fsp3) is 0.571. The highest BCUT2D eigenvalue weighted by molar-refractivity contribution is 9.11. The van der Waals surface area contributed by atoms with Crippen molar-refractivity contribution >= 4 is 33.2 Å². The molecule has 1 aromatic rings. The second-order valence-corrected chi connectivity index (χ2v) is 7.13. The third-order valence-corrected chi connectivity index (χ3v) is 4.68. The van der Waals surface area contributed by atoms with Crippen LogP contribution in [0.1, 0.15) is 44.4 Å². The number of nitrogens with zero attached hydrogens (tertiary/aromatic N) is 1. The Kier molecular flexibility index (Phi) is 6.53. The van der Waals surface area contributed by atoms with Crippen LogP contribution in [0.3, 0.4) is 0 Å². The van der Waals surface area contributed by atoms with Gasteiger partial charge in [0, 0.05) is 4.88 Å². The van der Waals surface area contributed by atoms with Gasteiger partial charge in [-0.15, -0.1) is 11.3 Å². The summed E-state index contributed by atoms with van der Waals surface area (Å²) >= 11 is 4.99. The molecule has 1 amide bonds. The van der Waals surface area contributed by atoms with E-state index in [0.29, 0.717) is 19.4 Å². The lowest BCUT2D eigenvalue weighted by Crippen LogP contribution is -2.39. The van der Waals surface area contributed by atoms with Crippen molar-refractivity contribution in [2.45, 2.75) is 46.1 Å². The van der Waals surface area contributed by atoms with Crippen molar-refractivity contribution in [1.82, 2.24) is 5.32 Å². The third kappa shape index (κ3) is 4.32. The molecule has 0 unspecified atom stereocenters. The summed E-state index contributed by atoms with van der Waals surface area (Å²) in [6, 6.07) is 6.18. The van der Waals surface area contributed by atoms with Gasteiger partial charge in [0.25, 0.3) is 0 Å². The fourth-order valence-electron chi connectivity index (χ4n) is 2.15. The normalized spacial score (nSPS) is 11.1. The fourth-order valence-corrected chi connectivity index (χ4v) is 3.57. The Morgan fingerprint density at radius 3 is 2.47 bits per heavy atom. The highest BCUT2D eigenvalue weighted by Gasteiger charge is 2.36. The van der Waals surface area contributed by atoms with Crippen molar-refractivity contribution in [3.05, 3.63) is 20.8 Å². The van der Waals surface area contributed by atoms with Crippen molar-refractivity contribution < 1.29 is 4.79 Å². The first-order chi connectivity index (χ1) is 9.07. The molecule has 1 N–H and O–H groups in total. The highest BCUT2D eigenvalue weighted by atomic mass is 79.9. The molecule has 0 aliphatic heterocycles. The zero-order valence-corrected chi connectivity index (χ0v) is 13.7. The number of amides is 1. The van der Waals surface area contributed by atoms with E-state index < -0.39 is 5.41 Å². The number of carbonyl (C=O) groups is 1. The van der Waals surface area contributed by atoms with Gasteiger partial charge in [-0.3, -0.25) is 4.79 Å². The summed E-state index contributed by atoms with van der Waals surface area (Å²) in [7, 11) is 0. The standard InChI is InChI=1S/C14H19BrN2OS/c1-3-7-14(10-16,8-4-2)13(18)17-9-11-5-6-12(15)19-11/h5-6H,3-4,7-9H2,1-2H3,(H,17,18). The molecule has 0 radical (unpaired) electrons. The zero-order valence-electron chi connectivity index (χ0n) is 11.3. The van der Waals surface area contributed by atoms with E-state index in [2.05, 4.69) is 27.3 Å². The van der Waals surface area contributed by atoms with E-state index >= 15 is 0 Å². The third-order valence-electron chi connectivity index (χ3n) is 3.05. The highest BCUT2D eigenvalue weighted by Crippen LogP contribution is 2.30. The van der Waals surface area contributed by atoms with E-state index in [-0.39, 0.29) is 5.91 Å². The molecular weight excluding hydrogens is 324 g/mol. The Morgan fingerprint density at radius 2 is 2.05 bits per heavy atom. The maximum atomic E-state index is 12.3. The minimum absolute atomic E-state index is 0.136. The van der Waals surface area contributed by atoms with Gasteiger partial charge in [-0.2, -0.15) is 5.26 Å². The van der Waals surface area contributed by atoms with Crippen LogP contribution in [0.25, 0.3) is 0 Å². The molecule has 104 valence electrons. The maximum absolute atomic E-state index is 12.3. The van der Waals surface area contributed by atoms with Crippen molar-refractivity contribution in [1.29, 1.82) is 5.26 Å². The largest absolute Gasteiger partial charge is 0.350 e. The number of halogens is 1. The molecule has 0 atom stereocenters. The topological polar surface area (TPSA) is 52.9 Å². The van der Waals surface area contributed by atoms with E-state index in [1.807, 2.05) is 26.0 Å². The number of thiophene rings is 1. The van der Waals surface area contributed by atoms with Crippen LogP contribution in [0.4, 0.5) is 0 Å². The summed E-state index contributed by atoms with van der Waals surface area (Å²) in [5.74, 6) is -0.136. The lowest BCUT2D eigenvalue weighted by molar-refractivity contribution is -0.129. The average Bonchev–Trinajstić information content (AvgIpc) is 2.81. The molecule has 0 saturated heterocycles. The molecule has 0 saturated carbocycles. The molecule has 0 spiro atoms. The molecule has 5 heteroatoms. The average molecular weight is 343 g/mol. The molecular formula is C14H19BrN2OS. The Hall–Kier alpha value is -0.860. The Bertz CT molecular complexity index is 458. The summed E-state index contributed by atoms with van der Waals surface area (Å²) in [5.41, 5.74) is -0.863. The van der Waals surface area contributed by atoms with Crippen molar-refractivity contribution in [3.63, 3.8) is 0 Å². The number of hydrogen-bond donors (Lipinski definition) is 1. The van der Waals surface area contributed by atoms with Gasteiger partial charge in [-0.1, -0.05) is 26.7 Å². The molecule has 3 nitrogen and oxygen atoms in total.